The second kappa shape index (κ2) is 7.23. The summed E-state index contributed by atoms with van der Waals surface area (Å²) in [6.45, 7) is 8.82. The van der Waals surface area contributed by atoms with E-state index >= 15 is 0 Å². The van der Waals surface area contributed by atoms with Gasteiger partial charge in [0.25, 0.3) is 0 Å². The van der Waals surface area contributed by atoms with Crippen molar-refractivity contribution in [3.8, 4) is 24.2 Å². The third kappa shape index (κ3) is 4.63. The van der Waals surface area contributed by atoms with E-state index in [1.54, 1.807) is 40.7 Å². The van der Waals surface area contributed by atoms with Gasteiger partial charge in [-0.1, -0.05) is 5.92 Å². The fraction of sp³-hybridized carbons (Fsp3) is 0.500. The van der Waals surface area contributed by atoms with Gasteiger partial charge in [-0.15, -0.1) is 6.42 Å². The van der Waals surface area contributed by atoms with E-state index in [0.29, 0.717) is 17.1 Å². The predicted octanol–water partition coefficient (Wildman–Crippen LogP) is 3.27. The Kier molecular flexibility index (Phi) is 5.82. The van der Waals surface area contributed by atoms with Crippen molar-refractivity contribution in [2.24, 2.45) is 0 Å². The molecule has 24 heavy (non-hydrogen) atoms. The number of nitrogens with zero attached hydrogens (tertiary/aromatic N) is 3. The molecule has 1 aromatic rings. The Balaban J connectivity index is 3.32. The Morgan fingerprint density at radius 3 is 2.46 bits per heavy atom. The summed E-state index contributed by atoms with van der Waals surface area (Å²) in [5.41, 5.74) is -0.514. The van der Waals surface area contributed by atoms with E-state index in [1.165, 1.54) is 18.2 Å². The van der Waals surface area contributed by atoms with E-state index in [-0.39, 0.29) is 6.54 Å². The molecule has 0 bridgehead atoms. The number of ether oxygens (including phenoxy) is 2. The molecule has 0 fully saturated rings. The van der Waals surface area contributed by atoms with Gasteiger partial charge < -0.3 is 9.47 Å². The average Bonchev–Trinajstić information content (AvgIpc) is 2.50. The van der Waals surface area contributed by atoms with Gasteiger partial charge >= 0.3 is 6.09 Å². The van der Waals surface area contributed by atoms with Crippen molar-refractivity contribution in [3.63, 3.8) is 0 Å². The summed E-state index contributed by atoms with van der Waals surface area (Å²) in [5.74, 6) is 2.82. The predicted molar refractivity (Wildman–Crippen MR) is 91.8 cm³/mol. The summed E-state index contributed by atoms with van der Waals surface area (Å²) in [6, 6.07) is 3.81. The summed E-state index contributed by atoms with van der Waals surface area (Å²) < 4.78 is 10.7. The molecule has 1 aromatic heterocycles. The molecular formula is C18H23N3O3. The Labute approximate surface area is 143 Å². The number of hydrogen-bond acceptors (Lipinski definition) is 5. The van der Waals surface area contributed by atoms with Crippen molar-refractivity contribution in [2.45, 2.75) is 45.6 Å². The van der Waals surface area contributed by atoms with E-state index < -0.39 is 17.1 Å². The van der Waals surface area contributed by atoms with Gasteiger partial charge in [-0.2, -0.15) is 5.26 Å². The third-order valence-electron chi connectivity index (χ3n) is 3.14. The molecule has 0 spiro atoms. The Hall–Kier alpha value is -2.73. The van der Waals surface area contributed by atoms with Crippen LogP contribution in [0.25, 0.3) is 0 Å². The number of aromatic nitrogens is 1. The van der Waals surface area contributed by atoms with Crippen LogP contribution in [0.1, 0.15) is 40.3 Å². The van der Waals surface area contributed by atoms with Crippen LogP contribution in [0, 0.1) is 23.7 Å². The first-order valence-corrected chi connectivity index (χ1v) is 7.45. The second-order valence-corrected chi connectivity index (χ2v) is 6.75. The van der Waals surface area contributed by atoms with Crippen LogP contribution < -0.4 is 9.64 Å². The number of pyridine rings is 1. The lowest BCUT2D eigenvalue weighted by atomic mass is 9.90. The Morgan fingerprint density at radius 1 is 1.38 bits per heavy atom. The SMILES string of the molecule is C#CCN(C(=O)OC(C)(C)C)c1cnc(C(C)(C)C#N)cc1OC. The van der Waals surface area contributed by atoms with Gasteiger partial charge in [0.05, 0.1) is 37.0 Å². The minimum atomic E-state index is -0.783. The van der Waals surface area contributed by atoms with Crippen LogP contribution in [0.2, 0.25) is 0 Å². The largest absolute Gasteiger partial charge is 0.494 e. The zero-order valence-electron chi connectivity index (χ0n) is 15.0. The maximum absolute atomic E-state index is 12.4. The maximum Gasteiger partial charge on any atom is 0.415 e. The first-order valence-electron chi connectivity index (χ1n) is 7.45. The number of carbonyl (C=O) groups excluding carboxylic acids is 1. The van der Waals surface area contributed by atoms with Gasteiger partial charge in [-0.3, -0.25) is 9.88 Å². The first-order chi connectivity index (χ1) is 11.1. The monoisotopic (exact) mass is 329 g/mol. The number of amides is 1. The minimum Gasteiger partial charge on any atom is -0.494 e. The fourth-order valence-electron chi connectivity index (χ4n) is 1.85. The number of methoxy groups -OCH3 is 1. The van der Waals surface area contributed by atoms with Gasteiger partial charge in [0.1, 0.15) is 17.0 Å². The molecule has 0 atom stereocenters. The Bertz CT molecular complexity index is 691. The van der Waals surface area contributed by atoms with Crippen LogP contribution in [-0.4, -0.2) is 30.3 Å². The van der Waals surface area contributed by atoms with Crippen LogP contribution >= 0.6 is 0 Å². The smallest absolute Gasteiger partial charge is 0.415 e. The lowest BCUT2D eigenvalue weighted by Crippen LogP contribution is -2.37. The second-order valence-electron chi connectivity index (χ2n) is 6.75. The highest BCUT2D eigenvalue weighted by molar-refractivity contribution is 5.90. The van der Waals surface area contributed by atoms with Crippen molar-refractivity contribution in [1.29, 1.82) is 5.26 Å². The van der Waals surface area contributed by atoms with Crippen LogP contribution in [0.5, 0.6) is 5.75 Å². The van der Waals surface area contributed by atoms with Crippen LogP contribution in [0.3, 0.4) is 0 Å². The molecule has 0 radical (unpaired) electrons. The van der Waals surface area contributed by atoms with Gasteiger partial charge in [-0.25, -0.2) is 4.79 Å². The molecule has 0 N–H and O–H groups in total. The van der Waals surface area contributed by atoms with E-state index in [1.807, 2.05) is 0 Å². The summed E-state index contributed by atoms with van der Waals surface area (Å²) >= 11 is 0. The van der Waals surface area contributed by atoms with Crippen molar-refractivity contribution >= 4 is 11.8 Å². The van der Waals surface area contributed by atoms with Gasteiger partial charge in [0, 0.05) is 6.07 Å². The zero-order chi connectivity index (χ0) is 18.5. The Morgan fingerprint density at radius 2 is 2.00 bits per heavy atom. The van der Waals surface area contributed by atoms with E-state index in [4.69, 9.17) is 15.9 Å². The number of carbonyl (C=O) groups is 1. The quantitative estimate of drug-likeness (QED) is 0.793. The highest BCUT2D eigenvalue weighted by atomic mass is 16.6. The van der Waals surface area contributed by atoms with Gasteiger partial charge in [0.2, 0.25) is 0 Å². The van der Waals surface area contributed by atoms with E-state index in [0.717, 1.165) is 0 Å². The van der Waals surface area contributed by atoms with E-state index in [2.05, 4.69) is 17.0 Å². The lowest BCUT2D eigenvalue weighted by molar-refractivity contribution is 0.0584. The number of nitriles is 1. The molecule has 0 saturated carbocycles. The highest BCUT2D eigenvalue weighted by Crippen LogP contribution is 2.32. The average molecular weight is 329 g/mol. The third-order valence-corrected chi connectivity index (χ3v) is 3.14. The normalized spacial score (nSPS) is 11.2. The molecule has 6 heteroatoms. The molecule has 0 aliphatic rings. The van der Waals surface area contributed by atoms with Crippen molar-refractivity contribution in [2.75, 3.05) is 18.6 Å². The summed E-state index contributed by atoms with van der Waals surface area (Å²) in [5, 5.41) is 9.25. The number of hydrogen-bond donors (Lipinski definition) is 0. The standard InChI is InChI=1S/C18H23N3O3/c1-8-9-21(16(22)24-17(2,3)4)13-11-20-15(10-14(13)23-7)18(5,6)12-19/h1,10-11H,9H2,2-7H3. The molecule has 0 aromatic carbocycles. The molecule has 6 nitrogen and oxygen atoms in total. The molecule has 0 aliphatic heterocycles. The minimum absolute atomic E-state index is 0.00788. The van der Waals surface area contributed by atoms with Crippen molar-refractivity contribution < 1.29 is 14.3 Å². The molecule has 1 amide bonds. The fourth-order valence-corrected chi connectivity index (χ4v) is 1.85. The molecule has 128 valence electrons. The highest BCUT2D eigenvalue weighted by Gasteiger charge is 2.28. The zero-order valence-corrected chi connectivity index (χ0v) is 15.0. The van der Waals surface area contributed by atoms with Crippen LogP contribution in [0.4, 0.5) is 10.5 Å². The number of rotatable bonds is 4. The summed E-state index contributed by atoms with van der Waals surface area (Å²) in [7, 11) is 1.48. The molecule has 1 heterocycles. The first kappa shape index (κ1) is 19.3. The van der Waals surface area contributed by atoms with Crippen molar-refractivity contribution in [1.82, 2.24) is 4.98 Å². The van der Waals surface area contributed by atoms with Crippen LogP contribution in [-0.2, 0) is 10.2 Å². The van der Waals surface area contributed by atoms with E-state index in [9.17, 15) is 10.1 Å². The molecule has 0 unspecified atom stereocenters. The lowest BCUT2D eigenvalue weighted by Gasteiger charge is -2.27. The van der Waals surface area contributed by atoms with Gasteiger partial charge in [0.15, 0.2) is 0 Å². The molecule has 1 rings (SSSR count). The molecular weight excluding hydrogens is 306 g/mol. The van der Waals surface area contributed by atoms with Gasteiger partial charge in [-0.05, 0) is 34.6 Å². The number of terminal acetylenes is 1. The molecule has 0 saturated heterocycles. The number of anilines is 1. The summed E-state index contributed by atoms with van der Waals surface area (Å²) in [6.07, 6.45) is 6.25. The van der Waals surface area contributed by atoms with Crippen molar-refractivity contribution in [3.05, 3.63) is 18.0 Å². The maximum atomic E-state index is 12.4. The topological polar surface area (TPSA) is 75.5 Å². The molecule has 0 aliphatic carbocycles. The van der Waals surface area contributed by atoms with Crippen LogP contribution in [0.15, 0.2) is 12.3 Å². The summed E-state index contributed by atoms with van der Waals surface area (Å²) in [4.78, 5) is 18.0.